The van der Waals surface area contributed by atoms with E-state index in [2.05, 4.69) is 48.6 Å². The van der Waals surface area contributed by atoms with Crippen LogP contribution in [0.15, 0.2) is 48.6 Å². The molecule has 2 bridgehead atoms. The summed E-state index contributed by atoms with van der Waals surface area (Å²) < 4.78 is 0. The lowest BCUT2D eigenvalue weighted by molar-refractivity contribution is 0.805. The van der Waals surface area contributed by atoms with Crippen LogP contribution < -0.4 is 0 Å². The predicted octanol–water partition coefficient (Wildman–Crippen LogP) is 3.98. The molecule has 2 aliphatic rings. The molecule has 0 unspecified atom stereocenters. The highest BCUT2D eigenvalue weighted by molar-refractivity contribution is 5.85. The Balaban J connectivity index is 2.09. The fraction of sp³-hybridized carbons (Fsp3) is 0.200. The van der Waals surface area contributed by atoms with Crippen LogP contribution in [0.25, 0.3) is 10.8 Å². The second kappa shape index (κ2) is 2.52. The standard InChI is InChI=1S/C15H12/c1-2-4-11-9-15-13-6-5-12(7-13)14(15)8-10(11)3-1/h1-6,8-9,12-13H,7H2/t12-,13+. The first-order valence-electron chi connectivity index (χ1n) is 5.63. The van der Waals surface area contributed by atoms with E-state index in [4.69, 9.17) is 0 Å². The lowest BCUT2D eigenvalue weighted by Gasteiger charge is -2.11. The fourth-order valence-electron chi connectivity index (χ4n) is 3.08. The van der Waals surface area contributed by atoms with Crippen molar-refractivity contribution in [1.82, 2.24) is 0 Å². The van der Waals surface area contributed by atoms with Crippen molar-refractivity contribution in [1.29, 1.82) is 0 Å². The first kappa shape index (κ1) is 7.70. The fourth-order valence-corrected chi connectivity index (χ4v) is 3.08. The Morgan fingerprint density at radius 2 is 1.33 bits per heavy atom. The average molecular weight is 192 g/mol. The predicted molar refractivity (Wildman–Crippen MR) is 63.2 cm³/mol. The molecule has 0 saturated heterocycles. The van der Waals surface area contributed by atoms with Gasteiger partial charge in [-0.2, -0.15) is 0 Å². The molecule has 2 aromatic carbocycles. The molecule has 0 fully saturated rings. The summed E-state index contributed by atoms with van der Waals surface area (Å²) in [6, 6.07) is 13.4. The first-order chi connectivity index (χ1) is 7.42. The van der Waals surface area contributed by atoms with Crippen molar-refractivity contribution < 1.29 is 0 Å². The Hall–Kier alpha value is -1.56. The van der Waals surface area contributed by atoms with Crippen molar-refractivity contribution in [2.45, 2.75) is 18.3 Å². The van der Waals surface area contributed by atoms with Crippen LogP contribution >= 0.6 is 0 Å². The van der Waals surface area contributed by atoms with Crippen LogP contribution in [0.1, 0.15) is 29.4 Å². The van der Waals surface area contributed by atoms with Gasteiger partial charge >= 0.3 is 0 Å². The van der Waals surface area contributed by atoms with E-state index >= 15 is 0 Å². The Kier molecular flexibility index (Phi) is 1.29. The molecular weight excluding hydrogens is 180 g/mol. The normalized spacial score (nSPS) is 26.1. The number of hydrogen-bond acceptors (Lipinski definition) is 0. The van der Waals surface area contributed by atoms with E-state index in [1.807, 2.05) is 0 Å². The minimum Gasteiger partial charge on any atom is -0.0804 e. The van der Waals surface area contributed by atoms with Gasteiger partial charge in [0, 0.05) is 11.8 Å². The van der Waals surface area contributed by atoms with Gasteiger partial charge in [-0.25, -0.2) is 0 Å². The Bertz CT molecular complexity index is 527. The van der Waals surface area contributed by atoms with Crippen LogP contribution in [0.4, 0.5) is 0 Å². The molecule has 0 nitrogen and oxygen atoms in total. The smallest absolute Gasteiger partial charge is 0.00301 e. The maximum absolute atomic E-state index is 2.39. The van der Waals surface area contributed by atoms with E-state index in [-0.39, 0.29) is 0 Å². The van der Waals surface area contributed by atoms with E-state index in [0.29, 0.717) is 11.8 Å². The summed E-state index contributed by atoms with van der Waals surface area (Å²) in [5.41, 5.74) is 3.14. The minimum atomic E-state index is 0.703. The number of allylic oxidation sites excluding steroid dienone is 2. The molecule has 0 heterocycles. The van der Waals surface area contributed by atoms with Crippen molar-refractivity contribution in [2.75, 3.05) is 0 Å². The molecule has 0 saturated carbocycles. The SMILES string of the molecule is C1=C[C@H]2C[C@@H]1c1cc3ccccc3cc12. The summed E-state index contributed by atoms with van der Waals surface area (Å²) in [6.07, 6.45) is 6.06. The van der Waals surface area contributed by atoms with Crippen LogP contribution in [0, 0.1) is 0 Å². The molecule has 0 spiro atoms. The summed E-state index contributed by atoms with van der Waals surface area (Å²) in [4.78, 5) is 0. The molecule has 0 aliphatic heterocycles. The lowest BCUT2D eigenvalue weighted by atomic mass is 9.93. The molecule has 2 aliphatic carbocycles. The Morgan fingerprint density at radius 1 is 0.800 bits per heavy atom. The van der Waals surface area contributed by atoms with Gasteiger partial charge in [0.1, 0.15) is 0 Å². The van der Waals surface area contributed by atoms with Gasteiger partial charge in [-0.3, -0.25) is 0 Å². The number of hydrogen-bond donors (Lipinski definition) is 0. The molecule has 72 valence electrons. The molecule has 2 aromatic rings. The molecule has 0 N–H and O–H groups in total. The van der Waals surface area contributed by atoms with Crippen molar-refractivity contribution >= 4 is 10.8 Å². The van der Waals surface area contributed by atoms with E-state index in [1.54, 1.807) is 11.1 Å². The van der Waals surface area contributed by atoms with Crippen LogP contribution in [0.5, 0.6) is 0 Å². The second-order valence-electron chi connectivity index (χ2n) is 4.66. The van der Waals surface area contributed by atoms with Gasteiger partial charge < -0.3 is 0 Å². The third kappa shape index (κ3) is 0.918. The first-order valence-corrected chi connectivity index (χ1v) is 5.63. The third-order valence-corrected chi connectivity index (χ3v) is 3.83. The van der Waals surface area contributed by atoms with Gasteiger partial charge in [-0.05, 0) is 28.3 Å². The summed E-state index contributed by atoms with van der Waals surface area (Å²) >= 11 is 0. The van der Waals surface area contributed by atoms with Gasteiger partial charge in [-0.1, -0.05) is 48.6 Å². The quantitative estimate of drug-likeness (QED) is 0.554. The van der Waals surface area contributed by atoms with Crippen LogP contribution in [-0.2, 0) is 0 Å². The monoisotopic (exact) mass is 192 g/mol. The molecular formula is C15H12. The summed E-state index contributed by atoms with van der Waals surface area (Å²) in [7, 11) is 0. The van der Waals surface area contributed by atoms with E-state index in [0.717, 1.165) is 0 Å². The van der Waals surface area contributed by atoms with Gasteiger partial charge in [0.05, 0.1) is 0 Å². The largest absolute Gasteiger partial charge is 0.0804 e. The van der Waals surface area contributed by atoms with Gasteiger partial charge in [0.2, 0.25) is 0 Å². The molecule has 0 aromatic heterocycles. The number of fused-ring (bicyclic) bond motifs is 6. The molecule has 15 heavy (non-hydrogen) atoms. The topological polar surface area (TPSA) is 0 Å². The Labute approximate surface area is 89.2 Å². The zero-order valence-electron chi connectivity index (χ0n) is 8.48. The molecule has 0 heteroatoms. The maximum atomic E-state index is 2.39. The Morgan fingerprint density at radius 3 is 1.87 bits per heavy atom. The maximum Gasteiger partial charge on any atom is 0.00301 e. The highest BCUT2D eigenvalue weighted by atomic mass is 14.4. The molecule has 0 radical (unpaired) electrons. The van der Waals surface area contributed by atoms with Crippen molar-refractivity contribution in [2.24, 2.45) is 0 Å². The van der Waals surface area contributed by atoms with Crippen LogP contribution in [-0.4, -0.2) is 0 Å². The molecule has 0 amide bonds. The average Bonchev–Trinajstić information content (AvgIpc) is 2.87. The summed E-state index contributed by atoms with van der Waals surface area (Å²) in [6.45, 7) is 0. The summed E-state index contributed by atoms with van der Waals surface area (Å²) in [5, 5.41) is 2.77. The van der Waals surface area contributed by atoms with E-state index in [9.17, 15) is 0 Å². The van der Waals surface area contributed by atoms with Gasteiger partial charge in [0.25, 0.3) is 0 Å². The van der Waals surface area contributed by atoms with Crippen molar-refractivity contribution in [3.05, 3.63) is 59.7 Å². The highest BCUT2D eigenvalue weighted by Gasteiger charge is 2.32. The highest BCUT2D eigenvalue weighted by Crippen LogP contribution is 2.49. The van der Waals surface area contributed by atoms with Crippen molar-refractivity contribution in [3.63, 3.8) is 0 Å². The zero-order chi connectivity index (χ0) is 9.83. The molecule has 2 atom stereocenters. The summed E-state index contributed by atoms with van der Waals surface area (Å²) in [5.74, 6) is 1.41. The van der Waals surface area contributed by atoms with E-state index < -0.39 is 0 Å². The van der Waals surface area contributed by atoms with Crippen molar-refractivity contribution in [3.8, 4) is 0 Å². The number of benzene rings is 2. The lowest BCUT2D eigenvalue weighted by Crippen LogP contribution is -1.92. The van der Waals surface area contributed by atoms with Crippen LogP contribution in [0.3, 0.4) is 0 Å². The van der Waals surface area contributed by atoms with Gasteiger partial charge in [-0.15, -0.1) is 0 Å². The van der Waals surface area contributed by atoms with Gasteiger partial charge in [0.15, 0.2) is 0 Å². The number of rotatable bonds is 0. The van der Waals surface area contributed by atoms with Crippen LogP contribution in [0.2, 0.25) is 0 Å². The second-order valence-corrected chi connectivity index (χ2v) is 4.66. The zero-order valence-corrected chi connectivity index (χ0v) is 8.48. The van der Waals surface area contributed by atoms with E-state index in [1.165, 1.54) is 17.2 Å². The third-order valence-electron chi connectivity index (χ3n) is 3.83. The minimum absolute atomic E-state index is 0.703. The molecule has 4 rings (SSSR count).